The van der Waals surface area contributed by atoms with Crippen molar-refractivity contribution in [3.63, 3.8) is 0 Å². The van der Waals surface area contributed by atoms with Gasteiger partial charge in [-0.25, -0.2) is 4.39 Å². The van der Waals surface area contributed by atoms with Crippen molar-refractivity contribution in [3.8, 4) is 5.75 Å². The highest BCUT2D eigenvalue weighted by molar-refractivity contribution is 5.95. The third kappa shape index (κ3) is 5.04. The van der Waals surface area contributed by atoms with Gasteiger partial charge in [0, 0.05) is 25.6 Å². The molecular formula is C19H21FN2O3. The van der Waals surface area contributed by atoms with Gasteiger partial charge in [-0.2, -0.15) is 0 Å². The summed E-state index contributed by atoms with van der Waals surface area (Å²) in [5.41, 5.74) is 1.03. The fourth-order valence-corrected chi connectivity index (χ4v) is 2.39. The van der Waals surface area contributed by atoms with E-state index in [-0.39, 0.29) is 18.4 Å². The van der Waals surface area contributed by atoms with Crippen LogP contribution in [-0.4, -0.2) is 31.5 Å². The van der Waals surface area contributed by atoms with Gasteiger partial charge in [0.1, 0.15) is 11.6 Å². The van der Waals surface area contributed by atoms with E-state index in [0.29, 0.717) is 30.2 Å². The van der Waals surface area contributed by atoms with Gasteiger partial charge in [-0.05, 0) is 43.3 Å². The molecule has 5 nitrogen and oxygen atoms in total. The summed E-state index contributed by atoms with van der Waals surface area (Å²) < 4.78 is 18.5. The third-order valence-corrected chi connectivity index (χ3v) is 3.56. The molecule has 0 unspecified atom stereocenters. The highest BCUT2D eigenvalue weighted by Gasteiger charge is 2.16. The molecule has 0 aliphatic carbocycles. The quantitative estimate of drug-likeness (QED) is 0.840. The van der Waals surface area contributed by atoms with Crippen LogP contribution in [0.15, 0.2) is 48.5 Å². The van der Waals surface area contributed by atoms with Gasteiger partial charge in [0.25, 0.3) is 5.91 Å². The van der Waals surface area contributed by atoms with Crippen LogP contribution in [0, 0.1) is 5.82 Å². The lowest BCUT2D eigenvalue weighted by Crippen LogP contribution is -2.37. The minimum absolute atomic E-state index is 0.150. The van der Waals surface area contributed by atoms with Crippen molar-refractivity contribution < 1.29 is 18.7 Å². The number of hydrogen-bond donors (Lipinski definition) is 1. The number of carbonyl (C=O) groups is 2. The zero-order valence-electron chi connectivity index (χ0n) is 14.3. The molecule has 2 rings (SSSR count). The fourth-order valence-electron chi connectivity index (χ4n) is 2.39. The summed E-state index contributed by atoms with van der Waals surface area (Å²) in [6, 6.07) is 12.5. The normalized spacial score (nSPS) is 10.2. The van der Waals surface area contributed by atoms with Crippen molar-refractivity contribution in [2.45, 2.75) is 13.8 Å². The van der Waals surface area contributed by atoms with Gasteiger partial charge >= 0.3 is 0 Å². The molecule has 25 heavy (non-hydrogen) atoms. The Labute approximate surface area is 146 Å². The molecule has 0 heterocycles. The number of para-hydroxylation sites is 2. The molecule has 0 spiro atoms. The number of ether oxygens (including phenoxy) is 1. The Morgan fingerprint density at radius 1 is 1.12 bits per heavy atom. The Morgan fingerprint density at radius 3 is 2.44 bits per heavy atom. The standard InChI is InChI=1S/C19H21FN2O3/c1-3-25-18-7-5-4-6-17(18)22(14(2)23)13-12-21-19(24)15-8-10-16(20)11-9-15/h4-11H,3,12-13H2,1-2H3,(H,21,24). The maximum atomic E-state index is 12.9. The first kappa shape index (κ1) is 18.4. The van der Waals surface area contributed by atoms with Gasteiger partial charge < -0.3 is 15.0 Å². The topological polar surface area (TPSA) is 58.6 Å². The Morgan fingerprint density at radius 2 is 1.80 bits per heavy atom. The Balaban J connectivity index is 2.02. The molecule has 0 saturated heterocycles. The van der Waals surface area contributed by atoms with Crippen LogP contribution in [0.25, 0.3) is 0 Å². The summed E-state index contributed by atoms with van der Waals surface area (Å²) in [6.45, 7) is 4.38. The van der Waals surface area contributed by atoms with E-state index in [9.17, 15) is 14.0 Å². The van der Waals surface area contributed by atoms with Crippen LogP contribution in [0.1, 0.15) is 24.2 Å². The van der Waals surface area contributed by atoms with Crippen LogP contribution < -0.4 is 15.0 Å². The number of rotatable bonds is 7. The summed E-state index contributed by atoms with van der Waals surface area (Å²) in [6.07, 6.45) is 0. The zero-order valence-corrected chi connectivity index (χ0v) is 14.3. The first-order valence-electron chi connectivity index (χ1n) is 8.06. The number of anilines is 1. The molecule has 2 amide bonds. The predicted octanol–water partition coefficient (Wildman–Crippen LogP) is 3.01. The predicted molar refractivity (Wildman–Crippen MR) is 94.4 cm³/mol. The molecule has 132 valence electrons. The van der Waals surface area contributed by atoms with E-state index in [1.54, 1.807) is 17.0 Å². The highest BCUT2D eigenvalue weighted by atomic mass is 19.1. The van der Waals surface area contributed by atoms with Gasteiger partial charge in [-0.1, -0.05) is 12.1 Å². The molecule has 2 aromatic carbocycles. The summed E-state index contributed by atoms with van der Waals surface area (Å²) >= 11 is 0. The Kier molecular flexibility index (Phi) is 6.51. The van der Waals surface area contributed by atoms with Crippen LogP contribution in [0.5, 0.6) is 5.75 Å². The zero-order chi connectivity index (χ0) is 18.2. The Hall–Kier alpha value is -2.89. The number of amides is 2. The molecule has 0 fully saturated rings. The number of hydrogen-bond acceptors (Lipinski definition) is 3. The van der Waals surface area contributed by atoms with E-state index in [0.717, 1.165) is 0 Å². The van der Waals surface area contributed by atoms with Crippen molar-refractivity contribution in [1.29, 1.82) is 0 Å². The molecule has 0 bridgehead atoms. The monoisotopic (exact) mass is 344 g/mol. The van der Waals surface area contributed by atoms with Crippen LogP contribution >= 0.6 is 0 Å². The molecule has 0 atom stereocenters. The first-order valence-corrected chi connectivity index (χ1v) is 8.06. The van der Waals surface area contributed by atoms with E-state index in [4.69, 9.17) is 4.74 Å². The van der Waals surface area contributed by atoms with Crippen molar-refractivity contribution in [2.75, 3.05) is 24.6 Å². The van der Waals surface area contributed by atoms with Gasteiger partial charge in [0.05, 0.1) is 12.3 Å². The lowest BCUT2D eigenvalue weighted by atomic mass is 10.2. The second kappa shape index (κ2) is 8.82. The fraction of sp³-hybridized carbons (Fsp3) is 0.263. The van der Waals surface area contributed by atoms with Crippen LogP contribution in [0.2, 0.25) is 0 Å². The number of benzene rings is 2. The third-order valence-electron chi connectivity index (χ3n) is 3.56. The number of carbonyl (C=O) groups excluding carboxylic acids is 2. The second-order valence-corrected chi connectivity index (χ2v) is 5.33. The van der Waals surface area contributed by atoms with E-state index in [2.05, 4.69) is 5.32 Å². The maximum absolute atomic E-state index is 12.9. The van der Waals surface area contributed by atoms with Crippen LogP contribution in [-0.2, 0) is 4.79 Å². The Bertz CT molecular complexity index is 732. The van der Waals surface area contributed by atoms with Crippen LogP contribution in [0.3, 0.4) is 0 Å². The number of halogens is 1. The second-order valence-electron chi connectivity index (χ2n) is 5.33. The van der Waals surface area contributed by atoms with Crippen molar-refractivity contribution >= 4 is 17.5 Å². The van der Waals surface area contributed by atoms with Gasteiger partial charge in [-0.3, -0.25) is 9.59 Å². The molecule has 2 aromatic rings. The minimum atomic E-state index is -0.396. The highest BCUT2D eigenvalue weighted by Crippen LogP contribution is 2.27. The van der Waals surface area contributed by atoms with Crippen molar-refractivity contribution in [3.05, 3.63) is 59.9 Å². The lowest BCUT2D eigenvalue weighted by Gasteiger charge is -2.23. The van der Waals surface area contributed by atoms with Gasteiger partial charge in [0.2, 0.25) is 5.91 Å². The summed E-state index contributed by atoms with van der Waals surface area (Å²) in [4.78, 5) is 25.6. The minimum Gasteiger partial charge on any atom is -0.492 e. The summed E-state index contributed by atoms with van der Waals surface area (Å²) in [5, 5.41) is 2.73. The smallest absolute Gasteiger partial charge is 0.251 e. The molecule has 6 heteroatoms. The molecule has 0 radical (unpaired) electrons. The van der Waals surface area contributed by atoms with Crippen LogP contribution in [0.4, 0.5) is 10.1 Å². The summed E-state index contributed by atoms with van der Waals surface area (Å²) in [7, 11) is 0. The van der Waals surface area contributed by atoms with Crippen molar-refractivity contribution in [2.24, 2.45) is 0 Å². The van der Waals surface area contributed by atoms with E-state index in [1.807, 2.05) is 19.1 Å². The van der Waals surface area contributed by atoms with Crippen molar-refractivity contribution in [1.82, 2.24) is 5.32 Å². The van der Waals surface area contributed by atoms with E-state index < -0.39 is 5.82 Å². The average Bonchev–Trinajstić information content (AvgIpc) is 2.60. The maximum Gasteiger partial charge on any atom is 0.251 e. The molecule has 0 aromatic heterocycles. The average molecular weight is 344 g/mol. The molecular weight excluding hydrogens is 323 g/mol. The molecule has 0 aliphatic rings. The number of nitrogens with zero attached hydrogens (tertiary/aromatic N) is 1. The molecule has 0 aliphatic heterocycles. The van der Waals surface area contributed by atoms with E-state index in [1.165, 1.54) is 31.2 Å². The summed E-state index contributed by atoms with van der Waals surface area (Å²) in [5.74, 6) is -0.248. The molecule has 1 N–H and O–H groups in total. The van der Waals surface area contributed by atoms with Gasteiger partial charge in [0.15, 0.2) is 0 Å². The molecule has 0 saturated carbocycles. The largest absolute Gasteiger partial charge is 0.492 e. The number of nitrogens with one attached hydrogen (secondary N) is 1. The van der Waals surface area contributed by atoms with Gasteiger partial charge in [-0.15, -0.1) is 0 Å². The SMILES string of the molecule is CCOc1ccccc1N(CCNC(=O)c1ccc(F)cc1)C(C)=O. The van der Waals surface area contributed by atoms with E-state index >= 15 is 0 Å². The lowest BCUT2D eigenvalue weighted by molar-refractivity contribution is -0.116. The first-order chi connectivity index (χ1) is 12.0.